The number of nitro groups is 1. The van der Waals surface area contributed by atoms with E-state index in [4.69, 9.17) is 9.47 Å². The number of halogens is 1. The smallest absolute Gasteiger partial charge is 0.293 e. The number of piperidine rings is 1. The van der Waals surface area contributed by atoms with E-state index in [1.54, 1.807) is 0 Å². The molecule has 1 aromatic carbocycles. The third-order valence-electron chi connectivity index (χ3n) is 4.07. The van der Waals surface area contributed by atoms with Gasteiger partial charge in [0.05, 0.1) is 11.0 Å². The minimum absolute atomic E-state index is 0. The number of nitrogens with zero attached hydrogens (tertiary/aromatic N) is 1. The standard InChI is InChI=1S/C14H19N3O6S.ClH/c18-17(19)11-6-12-13(23-5-4-22-12)7-14(11)24(20,21)16-9-10-2-1-3-15-8-10;/h6-7,10,15-16H,1-5,8-9H2;1H. The van der Waals surface area contributed by atoms with E-state index >= 15 is 0 Å². The van der Waals surface area contributed by atoms with E-state index in [9.17, 15) is 18.5 Å². The molecule has 11 heteroatoms. The summed E-state index contributed by atoms with van der Waals surface area (Å²) < 4.78 is 38.2. The maximum atomic E-state index is 12.6. The summed E-state index contributed by atoms with van der Waals surface area (Å²) in [5, 5.41) is 14.5. The normalized spacial score (nSPS) is 19.8. The Labute approximate surface area is 151 Å². The molecule has 2 N–H and O–H groups in total. The van der Waals surface area contributed by atoms with Gasteiger partial charge in [-0.15, -0.1) is 12.4 Å². The summed E-state index contributed by atoms with van der Waals surface area (Å²) in [7, 11) is -4.02. The fourth-order valence-corrected chi connectivity index (χ4v) is 4.10. The van der Waals surface area contributed by atoms with Crippen LogP contribution in [0.5, 0.6) is 11.5 Å². The number of ether oxygens (including phenoxy) is 2. The van der Waals surface area contributed by atoms with Gasteiger partial charge in [0.25, 0.3) is 5.69 Å². The van der Waals surface area contributed by atoms with Gasteiger partial charge in [0, 0.05) is 12.6 Å². The third kappa shape index (κ3) is 4.51. The molecular weight excluding hydrogens is 374 g/mol. The van der Waals surface area contributed by atoms with E-state index in [1.807, 2.05) is 0 Å². The molecule has 0 saturated carbocycles. The van der Waals surface area contributed by atoms with Crippen molar-refractivity contribution < 1.29 is 22.8 Å². The van der Waals surface area contributed by atoms with Crippen LogP contribution in [0.25, 0.3) is 0 Å². The maximum Gasteiger partial charge on any atom is 0.293 e. The highest BCUT2D eigenvalue weighted by Gasteiger charge is 2.30. The van der Waals surface area contributed by atoms with Crippen molar-refractivity contribution in [3.63, 3.8) is 0 Å². The SMILES string of the molecule is Cl.O=[N+]([O-])c1cc2c(cc1S(=O)(=O)NCC1CCCNC1)OCCO2. The Bertz CT molecular complexity index is 736. The molecule has 3 rings (SSSR count). The average Bonchev–Trinajstić information content (AvgIpc) is 2.60. The van der Waals surface area contributed by atoms with Crippen molar-refractivity contribution in [3.05, 3.63) is 22.2 Å². The fraction of sp³-hybridized carbons (Fsp3) is 0.571. The number of hydrogen-bond donors (Lipinski definition) is 2. The maximum absolute atomic E-state index is 12.6. The lowest BCUT2D eigenvalue weighted by atomic mass is 10.0. The second-order valence-corrected chi connectivity index (χ2v) is 7.52. The topological polar surface area (TPSA) is 120 Å². The summed E-state index contributed by atoms with van der Waals surface area (Å²) in [6, 6.07) is 2.26. The molecule has 9 nitrogen and oxygen atoms in total. The molecule has 1 atom stereocenters. The molecule has 0 bridgehead atoms. The van der Waals surface area contributed by atoms with Gasteiger partial charge >= 0.3 is 0 Å². The minimum atomic E-state index is -4.02. The van der Waals surface area contributed by atoms with Crippen LogP contribution in [0.2, 0.25) is 0 Å². The van der Waals surface area contributed by atoms with Crippen molar-refractivity contribution in [2.24, 2.45) is 5.92 Å². The first-order valence-electron chi connectivity index (χ1n) is 7.76. The molecule has 2 aliphatic heterocycles. The molecule has 25 heavy (non-hydrogen) atoms. The average molecular weight is 394 g/mol. The Morgan fingerprint density at radius 3 is 2.56 bits per heavy atom. The minimum Gasteiger partial charge on any atom is -0.486 e. The number of hydrogen-bond acceptors (Lipinski definition) is 7. The van der Waals surface area contributed by atoms with Crippen molar-refractivity contribution in [2.75, 3.05) is 32.8 Å². The van der Waals surface area contributed by atoms with Gasteiger partial charge < -0.3 is 14.8 Å². The molecule has 0 radical (unpaired) electrons. The highest BCUT2D eigenvalue weighted by Crippen LogP contribution is 2.38. The predicted octanol–water partition coefficient (Wildman–Crippen LogP) is 1.07. The summed E-state index contributed by atoms with van der Waals surface area (Å²) in [6.07, 6.45) is 1.90. The van der Waals surface area contributed by atoms with Crippen molar-refractivity contribution in [3.8, 4) is 11.5 Å². The Hall–Kier alpha value is -1.62. The van der Waals surface area contributed by atoms with Gasteiger partial charge in [0.15, 0.2) is 16.4 Å². The molecule has 1 saturated heterocycles. The Morgan fingerprint density at radius 2 is 1.96 bits per heavy atom. The summed E-state index contributed by atoms with van der Waals surface area (Å²) in [4.78, 5) is 10.1. The van der Waals surface area contributed by atoms with E-state index in [1.165, 1.54) is 0 Å². The highest BCUT2D eigenvalue weighted by molar-refractivity contribution is 7.89. The van der Waals surface area contributed by atoms with Crippen LogP contribution in [0.3, 0.4) is 0 Å². The van der Waals surface area contributed by atoms with Crippen LogP contribution < -0.4 is 19.5 Å². The van der Waals surface area contributed by atoms with Gasteiger partial charge in [0.2, 0.25) is 10.0 Å². The molecule has 2 aliphatic rings. The molecule has 0 amide bonds. The Balaban J connectivity index is 0.00000225. The van der Waals surface area contributed by atoms with Gasteiger partial charge in [-0.2, -0.15) is 0 Å². The first-order valence-corrected chi connectivity index (χ1v) is 9.24. The quantitative estimate of drug-likeness (QED) is 0.567. The van der Waals surface area contributed by atoms with E-state index in [-0.39, 0.29) is 49.6 Å². The van der Waals surface area contributed by atoms with Gasteiger partial charge in [-0.05, 0) is 31.8 Å². The zero-order chi connectivity index (χ0) is 17.2. The second-order valence-electron chi connectivity index (χ2n) is 5.78. The molecule has 2 heterocycles. The van der Waals surface area contributed by atoms with Gasteiger partial charge in [0.1, 0.15) is 13.2 Å². The van der Waals surface area contributed by atoms with Crippen LogP contribution in [-0.2, 0) is 10.0 Å². The Kier molecular flexibility index (Phi) is 6.44. The van der Waals surface area contributed by atoms with E-state index < -0.39 is 25.5 Å². The molecule has 0 spiro atoms. The highest BCUT2D eigenvalue weighted by atomic mass is 35.5. The van der Waals surface area contributed by atoms with Crippen LogP contribution in [0, 0.1) is 16.0 Å². The lowest BCUT2D eigenvalue weighted by Gasteiger charge is -2.23. The summed E-state index contributed by atoms with van der Waals surface area (Å²) in [5.74, 6) is 0.555. The molecule has 1 fully saturated rings. The molecular formula is C14H20ClN3O6S. The van der Waals surface area contributed by atoms with Crippen LogP contribution >= 0.6 is 12.4 Å². The monoisotopic (exact) mass is 393 g/mol. The number of nitro benzene ring substituents is 1. The summed E-state index contributed by atoms with van der Waals surface area (Å²) in [5.41, 5.74) is -0.520. The molecule has 0 aromatic heterocycles. The third-order valence-corrected chi connectivity index (χ3v) is 5.52. The molecule has 140 valence electrons. The zero-order valence-electron chi connectivity index (χ0n) is 13.4. The van der Waals surface area contributed by atoms with Gasteiger partial charge in [-0.1, -0.05) is 0 Å². The van der Waals surface area contributed by atoms with E-state index in [0.717, 1.165) is 38.1 Å². The van der Waals surface area contributed by atoms with Crippen LogP contribution in [0.15, 0.2) is 17.0 Å². The first-order chi connectivity index (χ1) is 11.5. The van der Waals surface area contributed by atoms with Gasteiger partial charge in [-0.25, -0.2) is 13.1 Å². The molecule has 0 aliphatic carbocycles. The predicted molar refractivity (Wildman–Crippen MR) is 92.1 cm³/mol. The molecule has 1 aromatic rings. The second kappa shape index (κ2) is 8.17. The zero-order valence-corrected chi connectivity index (χ0v) is 15.0. The first kappa shape index (κ1) is 19.7. The number of fused-ring (bicyclic) bond motifs is 1. The summed E-state index contributed by atoms with van der Waals surface area (Å²) >= 11 is 0. The van der Waals surface area contributed by atoms with Crippen LogP contribution in [0.4, 0.5) is 5.69 Å². The largest absolute Gasteiger partial charge is 0.486 e. The number of nitrogens with one attached hydrogen (secondary N) is 2. The van der Waals surface area contributed by atoms with Crippen molar-refractivity contribution >= 4 is 28.1 Å². The van der Waals surface area contributed by atoms with Crippen LogP contribution in [-0.4, -0.2) is 46.2 Å². The lowest BCUT2D eigenvalue weighted by molar-refractivity contribution is -0.388. The number of benzene rings is 1. The molecule has 1 unspecified atom stereocenters. The van der Waals surface area contributed by atoms with E-state index in [2.05, 4.69) is 10.0 Å². The van der Waals surface area contributed by atoms with Crippen molar-refractivity contribution in [1.82, 2.24) is 10.0 Å². The number of sulfonamides is 1. The van der Waals surface area contributed by atoms with Crippen LogP contribution in [0.1, 0.15) is 12.8 Å². The Morgan fingerprint density at radius 1 is 1.28 bits per heavy atom. The van der Waals surface area contributed by atoms with Crippen molar-refractivity contribution in [2.45, 2.75) is 17.7 Å². The van der Waals surface area contributed by atoms with Crippen molar-refractivity contribution in [1.29, 1.82) is 0 Å². The summed E-state index contributed by atoms with van der Waals surface area (Å²) in [6.45, 7) is 2.43. The fourth-order valence-electron chi connectivity index (χ4n) is 2.82. The van der Waals surface area contributed by atoms with E-state index in [0.29, 0.717) is 0 Å². The number of rotatable bonds is 5. The lowest BCUT2D eigenvalue weighted by Crippen LogP contribution is -2.38. The van der Waals surface area contributed by atoms with Gasteiger partial charge in [-0.3, -0.25) is 10.1 Å².